The van der Waals surface area contributed by atoms with Crippen LogP contribution in [-0.2, 0) is 4.79 Å². The number of piperidine rings is 1. The first kappa shape index (κ1) is 15.3. The molecular weight excluding hydrogens is 294 g/mol. The molecule has 1 aliphatic rings. The molecule has 0 aromatic heterocycles. The highest BCUT2D eigenvalue weighted by Crippen LogP contribution is 2.28. The van der Waals surface area contributed by atoms with Crippen LogP contribution in [-0.4, -0.2) is 41.6 Å². The number of aromatic carboxylic acids is 1. The fraction of sp³-hybridized carbons (Fsp3) is 0.333. The van der Waals surface area contributed by atoms with Crippen LogP contribution in [0.3, 0.4) is 0 Å². The quantitative estimate of drug-likeness (QED) is 0.942. The third kappa shape index (κ3) is 3.28. The number of fused-ring (bicyclic) bond motifs is 1. The second-order valence-corrected chi connectivity index (χ2v) is 5.70. The van der Waals surface area contributed by atoms with Gasteiger partial charge in [-0.05, 0) is 36.1 Å². The Balaban J connectivity index is 1.81. The van der Waals surface area contributed by atoms with Crippen LogP contribution in [0.5, 0.6) is 5.75 Å². The van der Waals surface area contributed by atoms with Gasteiger partial charge < -0.3 is 14.7 Å². The number of carboxylic acid groups (broad SMARTS) is 1. The molecule has 3 rings (SSSR count). The summed E-state index contributed by atoms with van der Waals surface area (Å²) in [6.07, 6.45) is 3.18. The molecule has 0 spiro atoms. The normalized spacial score (nSPS) is 14.7. The Morgan fingerprint density at radius 1 is 1.04 bits per heavy atom. The minimum absolute atomic E-state index is 0.0887. The molecule has 0 saturated carbocycles. The highest BCUT2D eigenvalue weighted by molar-refractivity contribution is 6.06. The lowest BCUT2D eigenvalue weighted by atomic mass is 10.0. The van der Waals surface area contributed by atoms with Crippen LogP contribution in [0.15, 0.2) is 36.4 Å². The molecule has 23 heavy (non-hydrogen) atoms. The smallest absolute Gasteiger partial charge is 0.340 e. The van der Waals surface area contributed by atoms with Gasteiger partial charge in [-0.2, -0.15) is 0 Å². The molecule has 5 nitrogen and oxygen atoms in total. The van der Waals surface area contributed by atoms with Crippen molar-refractivity contribution >= 4 is 22.6 Å². The Bertz CT molecular complexity index is 735. The van der Waals surface area contributed by atoms with Gasteiger partial charge in [-0.3, -0.25) is 4.79 Å². The van der Waals surface area contributed by atoms with E-state index in [2.05, 4.69) is 0 Å². The minimum atomic E-state index is -1.05. The first-order valence-electron chi connectivity index (χ1n) is 7.82. The van der Waals surface area contributed by atoms with Crippen LogP contribution in [0.25, 0.3) is 10.8 Å². The number of nitrogens with zero attached hydrogens (tertiary/aromatic N) is 1. The Morgan fingerprint density at radius 3 is 2.52 bits per heavy atom. The molecule has 0 bridgehead atoms. The fourth-order valence-electron chi connectivity index (χ4n) is 2.97. The second-order valence-electron chi connectivity index (χ2n) is 5.70. The Labute approximate surface area is 134 Å². The number of amides is 1. The van der Waals surface area contributed by atoms with Crippen LogP contribution >= 0.6 is 0 Å². The van der Waals surface area contributed by atoms with E-state index in [1.165, 1.54) is 0 Å². The average Bonchev–Trinajstić information content (AvgIpc) is 2.59. The topological polar surface area (TPSA) is 66.8 Å². The van der Waals surface area contributed by atoms with Gasteiger partial charge in [0.2, 0.25) is 0 Å². The zero-order valence-electron chi connectivity index (χ0n) is 12.8. The Morgan fingerprint density at radius 2 is 1.78 bits per heavy atom. The van der Waals surface area contributed by atoms with Crippen molar-refractivity contribution in [3.63, 3.8) is 0 Å². The van der Waals surface area contributed by atoms with Gasteiger partial charge in [0.25, 0.3) is 5.91 Å². The van der Waals surface area contributed by atoms with Gasteiger partial charge in [0.15, 0.2) is 6.61 Å². The summed E-state index contributed by atoms with van der Waals surface area (Å²) in [5, 5.41) is 10.9. The van der Waals surface area contributed by atoms with Gasteiger partial charge in [0.05, 0.1) is 0 Å². The van der Waals surface area contributed by atoms with E-state index in [9.17, 15) is 14.7 Å². The second kappa shape index (κ2) is 6.69. The van der Waals surface area contributed by atoms with E-state index < -0.39 is 5.97 Å². The lowest BCUT2D eigenvalue weighted by Crippen LogP contribution is -2.38. The van der Waals surface area contributed by atoms with Crippen LogP contribution in [0.1, 0.15) is 29.6 Å². The summed E-state index contributed by atoms with van der Waals surface area (Å²) >= 11 is 0. The number of benzene rings is 2. The maximum absolute atomic E-state index is 12.2. The molecule has 0 unspecified atom stereocenters. The predicted octanol–water partition coefficient (Wildman–Crippen LogP) is 2.93. The average molecular weight is 313 g/mol. The van der Waals surface area contributed by atoms with Crippen LogP contribution in [0, 0.1) is 0 Å². The maximum atomic E-state index is 12.2. The fourth-order valence-corrected chi connectivity index (χ4v) is 2.97. The minimum Gasteiger partial charge on any atom is -0.483 e. The summed E-state index contributed by atoms with van der Waals surface area (Å²) in [5.74, 6) is -0.905. The maximum Gasteiger partial charge on any atom is 0.340 e. The molecule has 120 valence electrons. The molecule has 1 aliphatic heterocycles. The molecule has 0 aliphatic carbocycles. The van der Waals surface area contributed by atoms with E-state index in [4.69, 9.17) is 4.74 Å². The van der Waals surface area contributed by atoms with Crippen molar-refractivity contribution in [2.24, 2.45) is 0 Å². The molecular formula is C18H19NO4. The lowest BCUT2D eigenvalue weighted by Gasteiger charge is -2.26. The van der Waals surface area contributed by atoms with Crippen LogP contribution in [0.4, 0.5) is 0 Å². The number of carboxylic acids is 1. The van der Waals surface area contributed by atoms with Crippen molar-refractivity contribution in [3.8, 4) is 5.75 Å². The van der Waals surface area contributed by atoms with Crippen molar-refractivity contribution in [2.75, 3.05) is 19.7 Å². The van der Waals surface area contributed by atoms with Gasteiger partial charge in [-0.1, -0.05) is 30.3 Å². The summed E-state index contributed by atoms with van der Waals surface area (Å²) in [6.45, 7) is 1.38. The van der Waals surface area contributed by atoms with Crippen molar-refractivity contribution in [2.45, 2.75) is 19.3 Å². The molecule has 1 amide bonds. The zero-order valence-corrected chi connectivity index (χ0v) is 12.8. The van der Waals surface area contributed by atoms with E-state index in [1.54, 1.807) is 23.1 Å². The standard InChI is InChI=1S/C18H19NO4/c20-16(19-10-4-1-5-11-19)12-23-15-9-8-13-6-2-3-7-14(13)17(15)18(21)22/h2-3,6-9H,1,4-5,10-12H2,(H,21,22). The van der Waals surface area contributed by atoms with E-state index in [0.29, 0.717) is 5.39 Å². The third-order valence-electron chi connectivity index (χ3n) is 4.16. The van der Waals surface area contributed by atoms with Gasteiger partial charge in [0, 0.05) is 13.1 Å². The van der Waals surface area contributed by atoms with Gasteiger partial charge >= 0.3 is 5.97 Å². The lowest BCUT2D eigenvalue weighted by molar-refractivity contribution is -0.134. The number of carbonyl (C=O) groups is 2. The van der Waals surface area contributed by atoms with Gasteiger partial charge in [0.1, 0.15) is 11.3 Å². The molecule has 0 radical (unpaired) electrons. The SMILES string of the molecule is O=C(O)c1c(OCC(=O)N2CCCCC2)ccc2ccccc12. The van der Waals surface area contributed by atoms with Crippen molar-refractivity contribution in [3.05, 3.63) is 42.0 Å². The van der Waals surface area contributed by atoms with Crippen LogP contribution in [0.2, 0.25) is 0 Å². The molecule has 2 aromatic rings. The predicted molar refractivity (Wildman–Crippen MR) is 86.8 cm³/mol. The van der Waals surface area contributed by atoms with Crippen molar-refractivity contribution in [1.82, 2.24) is 4.90 Å². The Hall–Kier alpha value is -2.56. The monoisotopic (exact) mass is 313 g/mol. The summed E-state index contributed by atoms with van der Waals surface area (Å²) in [5.41, 5.74) is 0.106. The molecule has 5 heteroatoms. The molecule has 1 saturated heterocycles. The summed E-state index contributed by atoms with van der Waals surface area (Å²) in [6, 6.07) is 10.7. The molecule has 0 atom stereocenters. The van der Waals surface area contributed by atoms with Gasteiger partial charge in [-0.25, -0.2) is 4.79 Å². The number of rotatable bonds is 4. The molecule has 2 aromatic carbocycles. The van der Waals surface area contributed by atoms with Gasteiger partial charge in [-0.15, -0.1) is 0 Å². The molecule has 1 fully saturated rings. The van der Waals surface area contributed by atoms with E-state index in [0.717, 1.165) is 37.7 Å². The Kier molecular flexibility index (Phi) is 4.46. The van der Waals surface area contributed by atoms with Crippen molar-refractivity contribution < 1.29 is 19.4 Å². The number of carbonyl (C=O) groups excluding carboxylic acids is 1. The third-order valence-corrected chi connectivity index (χ3v) is 4.16. The first-order valence-corrected chi connectivity index (χ1v) is 7.82. The van der Waals surface area contributed by atoms with Crippen LogP contribution < -0.4 is 4.74 Å². The largest absolute Gasteiger partial charge is 0.483 e. The number of ether oxygens (including phenoxy) is 1. The number of likely N-dealkylation sites (tertiary alicyclic amines) is 1. The van der Waals surface area contributed by atoms with Crippen molar-refractivity contribution in [1.29, 1.82) is 0 Å². The van der Waals surface area contributed by atoms with E-state index in [1.807, 2.05) is 18.2 Å². The first-order chi connectivity index (χ1) is 11.2. The number of hydrogen-bond donors (Lipinski definition) is 1. The van der Waals surface area contributed by atoms with E-state index >= 15 is 0 Å². The molecule has 1 heterocycles. The highest BCUT2D eigenvalue weighted by atomic mass is 16.5. The zero-order chi connectivity index (χ0) is 16.2. The summed E-state index contributed by atoms with van der Waals surface area (Å²) in [4.78, 5) is 25.6. The highest BCUT2D eigenvalue weighted by Gasteiger charge is 2.20. The number of hydrogen-bond acceptors (Lipinski definition) is 3. The summed E-state index contributed by atoms with van der Waals surface area (Å²) < 4.78 is 5.55. The summed E-state index contributed by atoms with van der Waals surface area (Å²) in [7, 11) is 0. The van der Waals surface area contributed by atoms with E-state index in [-0.39, 0.29) is 23.8 Å². The molecule has 1 N–H and O–H groups in total.